The lowest BCUT2D eigenvalue weighted by atomic mass is 10.0. The van der Waals surface area contributed by atoms with Gasteiger partial charge in [-0.1, -0.05) is 26.0 Å². The number of ether oxygens (including phenoxy) is 1. The number of halogens is 1. The van der Waals surface area contributed by atoms with Gasteiger partial charge in [-0.15, -0.1) is 0 Å². The molecule has 1 rings (SSSR count). The van der Waals surface area contributed by atoms with Gasteiger partial charge < -0.3 is 15.2 Å². The average Bonchev–Trinajstić information content (AvgIpc) is 2.42. The van der Waals surface area contributed by atoms with Crippen molar-refractivity contribution < 1.29 is 23.8 Å². The van der Waals surface area contributed by atoms with E-state index in [1.165, 1.54) is 0 Å². The quantitative estimate of drug-likeness (QED) is 0.799. The molecule has 0 aliphatic rings. The number of nitrogens with one attached hydrogen (secondary N) is 1. The predicted octanol–water partition coefficient (Wildman–Crippen LogP) is 1.73. The number of carbonyl (C=O) groups excluding carboxylic acids is 1. The first-order chi connectivity index (χ1) is 9.43. The van der Waals surface area contributed by atoms with Crippen molar-refractivity contribution in [2.45, 2.75) is 25.8 Å². The van der Waals surface area contributed by atoms with E-state index in [0.29, 0.717) is 11.7 Å². The van der Waals surface area contributed by atoms with Crippen LogP contribution < -0.4 is 10.1 Å². The smallest absolute Gasteiger partial charge is 0.328 e. The summed E-state index contributed by atoms with van der Waals surface area (Å²) in [7, 11) is 0. The number of amides is 1. The molecule has 1 amide bonds. The highest BCUT2D eigenvalue weighted by Crippen LogP contribution is 2.18. The summed E-state index contributed by atoms with van der Waals surface area (Å²) in [5, 5.41) is 10.6. The van der Waals surface area contributed by atoms with Gasteiger partial charge in [0.25, 0.3) is 5.91 Å². The Hall–Kier alpha value is -2.11. The van der Waals surface area contributed by atoms with Crippen LogP contribution >= 0.6 is 0 Å². The number of aliphatic carboxylic acids is 1. The Morgan fingerprint density at radius 3 is 2.35 bits per heavy atom. The summed E-state index contributed by atoms with van der Waals surface area (Å²) in [6, 6.07) is 5.70. The molecule has 5 nitrogen and oxygen atoms in total. The van der Waals surface area contributed by atoms with Gasteiger partial charge >= 0.3 is 5.97 Å². The molecule has 1 atom stereocenters. The SMILES string of the molecule is CC(C)c1ccc(OCC(=O)NC(CF)C(=O)O)cc1. The lowest BCUT2D eigenvalue weighted by Crippen LogP contribution is -2.44. The van der Waals surface area contributed by atoms with Gasteiger partial charge in [0.05, 0.1) is 0 Å². The molecule has 0 bridgehead atoms. The number of benzene rings is 1. The highest BCUT2D eigenvalue weighted by molar-refractivity contribution is 5.84. The fraction of sp³-hybridized carbons (Fsp3) is 0.429. The van der Waals surface area contributed by atoms with E-state index in [9.17, 15) is 14.0 Å². The van der Waals surface area contributed by atoms with E-state index in [1.54, 1.807) is 12.1 Å². The van der Waals surface area contributed by atoms with Gasteiger partial charge in [-0.25, -0.2) is 9.18 Å². The number of hydrogen-bond acceptors (Lipinski definition) is 3. The molecule has 0 aliphatic carbocycles. The van der Waals surface area contributed by atoms with Gasteiger partial charge in [0.15, 0.2) is 12.6 Å². The molecule has 0 saturated carbocycles. The van der Waals surface area contributed by atoms with E-state index in [-0.39, 0.29) is 6.61 Å². The monoisotopic (exact) mass is 283 g/mol. The molecule has 0 aliphatic heterocycles. The molecule has 2 N–H and O–H groups in total. The molecule has 1 unspecified atom stereocenters. The van der Waals surface area contributed by atoms with Crippen LogP contribution in [0, 0.1) is 0 Å². The van der Waals surface area contributed by atoms with E-state index < -0.39 is 24.6 Å². The summed E-state index contributed by atoms with van der Waals surface area (Å²) in [4.78, 5) is 21.9. The van der Waals surface area contributed by atoms with Crippen LogP contribution in [0.1, 0.15) is 25.3 Å². The molecule has 0 heterocycles. The van der Waals surface area contributed by atoms with Crippen molar-refractivity contribution >= 4 is 11.9 Å². The molecule has 0 spiro atoms. The highest BCUT2D eigenvalue weighted by atomic mass is 19.1. The molecule has 20 heavy (non-hydrogen) atoms. The van der Waals surface area contributed by atoms with Crippen LogP contribution in [-0.2, 0) is 9.59 Å². The zero-order chi connectivity index (χ0) is 15.1. The molecule has 110 valence electrons. The summed E-state index contributed by atoms with van der Waals surface area (Å²) in [5.41, 5.74) is 1.14. The lowest BCUT2D eigenvalue weighted by molar-refractivity contribution is -0.142. The minimum Gasteiger partial charge on any atom is -0.484 e. The third-order valence-electron chi connectivity index (χ3n) is 2.70. The first kappa shape index (κ1) is 15.9. The summed E-state index contributed by atoms with van der Waals surface area (Å²) in [5.74, 6) is -1.20. The average molecular weight is 283 g/mol. The number of alkyl halides is 1. The summed E-state index contributed by atoms with van der Waals surface area (Å²) >= 11 is 0. The third kappa shape index (κ3) is 4.87. The standard InChI is InChI=1S/C14H18FNO4/c1-9(2)10-3-5-11(6-4-10)20-8-13(17)16-12(7-15)14(18)19/h3-6,9,12H,7-8H2,1-2H3,(H,16,17)(H,18,19). The molecular formula is C14H18FNO4. The second kappa shape index (κ2) is 7.47. The zero-order valence-corrected chi connectivity index (χ0v) is 11.4. The maximum absolute atomic E-state index is 12.3. The first-order valence-corrected chi connectivity index (χ1v) is 6.25. The van der Waals surface area contributed by atoms with Crippen molar-refractivity contribution in [2.24, 2.45) is 0 Å². The van der Waals surface area contributed by atoms with Gasteiger partial charge in [0.1, 0.15) is 12.4 Å². The Morgan fingerprint density at radius 1 is 1.30 bits per heavy atom. The zero-order valence-electron chi connectivity index (χ0n) is 11.4. The molecule has 0 radical (unpaired) electrons. The van der Waals surface area contributed by atoms with Crippen LogP contribution in [0.4, 0.5) is 4.39 Å². The second-order valence-electron chi connectivity index (χ2n) is 4.63. The number of hydrogen-bond donors (Lipinski definition) is 2. The third-order valence-corrected chi connectivity index (χ3v) is 2.70. The van der Waals surface area contributed by atoms with Crippen molar-refractivity contribution in [3.8, 4) is 5.75 Å². The maximum atomic E-state index is 12.3. The van der Waals surface area contributed by atoms with Crippen LogP contribution in [-0.4, -0.2) is 36.3 Å². The fourth-order valence-corrected chi connectivity index (χ4v) is 1.50. The first-order valence-electron chi connectivity index (χ1n) is 6.25. The lowest BCUT2D eigenvalue weighted by Gasteiger charge is -2.12. The Balaban J connectivity index is 2.46. The topological polar surface area (TPSA) is 75.6 Å². The summed E-state index contributed by atoms with van der Waals surface area (Å²) < 4.78 is 17.5. The second-order valence-corrected chi connectivity index (χ2v) is 4.63. The van der Waals surface area contributed by atoms with E-state index in [0.717, 1.165) is 5.56 Å². The highest BCUT2D eigenvalue weighted by Gasteiger charge is 2.19. The van der Waals surface area contributed by atoms with E-state index in [4.69, 9.17) is 9.84 Å². The largest absolute Gasteiger partial charge is 0.484 e. The van der Waals surface area contributed by atoms with Crippen LogP contribution in [0.25, 0.3) is 0 Å². The van der Waals surface area contributed by atoms with Crippen LogP contribution in [0.2, 0.25) is 0 Å². The van der Waals surface area contributed by atoms with Gasteiger partial charge in [-0.05, 0) is 23.6 Å². The number of rotatable bonds is 7. The van der Waals surface area contributed by atoms with Crippen molar-refractivity contribution in [1.82, 2.24) is 5.32 Å². The van der Waals surface area contributed by atoms with Crippen LogP contribution in [0.3, 0.4) is 0 Å². The van der Waals surface area contributed by atoms with Crippen molar-refractivity contribution in [3.63, 3.8) is 0 Å². The molecule has 1 aromatic carbocycles. The molecule has 6 heteroatoms. The normalized spacial score (nSPS) is 12.0. The Labute approximate surface area is 116 Å². The van der Waals surface area contributed by atoms with E-state index >= 15 is 0 Å². The molecular weight excluding hydrogens is 265 g/mol. The minimum atomic E-state index is -1.53. The Kier molecular flexibility index (Phi) is 5.96. The van der Waals surface area contributed by atoms with E-state index in [1.807, 2.05) is 17.4 Å². The van der Waals surface area contributed by atoms with Crippen molar-refractivity contribution in [2.75, 3.05) is 13.3 Å². The number of carbonyl (C=O) groups is 2. The van der Waals surface area contributed by atoms with Gasteiger partial charge in [0.2, 0.25) is 0 Å². The molecule has 0 aromatic heterocycles. The molecule has 1 aromatic rings. The summed E-state index contributed by atoms with van der Waals surface area (Å²) in [6.07, 6.45) is 0. The Bertz CT molecular complexity index is 459. The van der Waals surface area contributed by atoms with E-state index in [2.05, 4.69) is 13.8 Å². The summed E-state index contributed by atoms with van der Waals surface area (Å²) in [6.45, 7) is 2.60. The van der Waals surface area contributed by atoms with Gasteiger partial charge in [0, 0.05) is 0 Å². The molecule has 0 fully saturated rings. The minimum absolute atomic E-state index is 0.356. The van der Waals surface area contributed by atoms with Gasteiger partial charge in [-0.2, -0.15) is 0 Å². The molecule has 0 saturated heterocycles. The number of carboxylic acid groups (broad SMARTS) is 1. The number of carboxylic acids is 1. The maximum Gasteiger partial charge on any atom is 0.328 e. The predicted molar refractivity (Wildman–Crippen MR) is 71.6 cm³/mol. The fourth-order valence-electron chi connectivity index (χ4n) is 1.50. The van der Waals surface area contributed by atoms with Crippen LogP contribution in [0.5, 0.6) is 5.75 Å². The van der Waals surface area contributed by atoms with Crippen molar-refractivity contribution in [3.05, 3.63) is 29.8 Å². The van der Waals surface area contributed by atoms with Gasteiger partial charge in [-0.3, -0.25) is 4.79 Å². The van der Waals surface area contributed by atoms with Crippen LogP contribution in [0.15, 0.2) is 24.3 Å². The van der Waals surface area contributed by atoms with Crippen molar-refractivity contribution in [1.29, 1.82) is 0 Å². The Morgan fingerprint density at radius 2 is 1.90 bits per heavy atom.